The van der Waals surface area contributed by atoms with E-state index in [4.69, 9.17) is 9.47 Å². The molecular weight excluding hydrogens is 586 g/mol. The normalized spacial score (nSPS) is 11.7. The minimum Gasteiger partial charge on any atom is -0.497 e. The monoisotopic (exact) mass is 623 g/mol. The first-order valence-electron chi connectivity index (χ1n) is 14.5. The summed E-state index contributed by atoms with van der Waals surface area (Å²) in [7, 11) is 3.07. The fourth-order valence-electron chi connectivity index (χ4n) is 4.48. The topological polar surface area (TPSA) is 106 Å². The molecule has 4 aromatic carbocycles. The van der Waals surface area contributed by atoms with Gasteiger partial charge in [0.25, 0.3) is 11.8 Å². The standard InChI is InChI=1S/C36H37N3O5S/c1-6-33(36(42)38-30-17-10-12-23(2)24(30)3)45-29-16-11-15-27(22-29)37-35(41)31(39-34(40)25-13-8-7-9-14-25)21-26-20-28(43-4)18-19-32(26)44-5/h7-22,33H,6H2,1-5H3,(H,37,41)(H,38,42)(H,39,40)/b31-21+. The Kier molecular flexibility index (Phi) is 11.4. The third-order valence-electron chi connectivity index (χ3n) is 7.16. The molecule has 0 aliphatic carbocycles. The van der Waals surface area contributed by atoms with E-state index < -0.39 is 11.8 Å². The molecule has 45 heavy (non-hydrogen) atoms. The van der Waals surface area contributed by atoms with Gasteiger partial charge in [0, 0.05) is 27.4 Å². The Morgan fingerprint density at radius 2 is 1.60 bits per heavy atom. The molecule has 9 heteroatoms. The molecule has 0 aliphatic rings. The first-order valence-corrected chi connectivity index (χ1v) is 15.4. The first-order chi connectivity index (χ1) is 21.7. The molecule has 0 radical (unpaired) electrons. The van der Waals surface area contributed by atoms with Crippen molar-refractivity contribution in [3.8, 4) is 11.5 Å². The van der Waals surface area contributed by atoms with Crippen LogP contribution in [0, 0.1) is 13.8 Å². The predicted octanol–water partition coefficient (Wildman–Crippen LogP) is 7.24. The Labute approximate surface area is 268 Å². The molecule has 0 spiro atoms. The molecule has 0 bridgehead atoms. The molecule has 4 aromatic rings. The fraction of sp³-hybridized carbons (Fsp3) is 0.194. The highest BCUT2D eigenvalue weighted by atomic mass is 32.2. The van der Waals surface area contributed by atoms with Crippen molar-refractivity contribution in [1.29, 1.82) is 0 Å². The van der Waals surface area contributed by atoms with E-state index in [0.29, 0.717) is 34.7 Å². The van der Waals surface area contributed by atoms with E-state index in [1.54, 1.807) is 67.8 Å². The van der Waals surface area contributed by atoms with E-state index in [2.05, 4.69) is 16.0 Å². The largest absolute Gasteiger partial charge is 0.497 e. The summed E-state index contributed by atoms with van der Waals surface area (Å²) in [4.78, 5) is 40.8. The highest BCUT2D eigenvalue weighted by Crippen LogP contribution is 2.30. The third-order valence-corrected chi connectivity index (χ3v) is 8.52. The molecule has 232 valence electrons. The Balaban J connectivity index is 1.56. The van der Waals surface area contributed by atoms with E-state index in [9.17, 15) is 14.4 Å². The van der Waals surface area contributed by atoms with Gasteiger partial charge in [0.1, 0.15) is 17.2 Å². The molecule has 0 fully saturated rings. The number of ether oxygens (including phenoxy) is 2. The number of benzene rings is 4. The number of carbonyl (C=O) groups is 3. The van der Waals surface area contributed by atoms with Crippen LogP contribution < -0.4 is 25.4 Å². The summed E-state index contributed by atoms with van der Waals surface area (Å²) in [5.41, 5.74) is 4.39. The number of hydrogen-bond acceptors (Lipinski definition) is 6. The fourth-order valence-corrected chi connectivity index (χ4v) is 5.50. The molecule has 0 aliphatic heterocycles. The summed E-state index contributed by atoms with van der Waals surface area (Å²) >= 11 is 1.42. The smallest absolute Gasteiger partial charge is 0.272 e. The molecular formula is C36H37N3O5S. The number of aryl methyl sites for hydroxylation is 1. The number of carbonyl (C=O) groups excluding carboxylic acids is 3. The van der Waals surface area contributed by atoms with Gasteiger partial charge in [0.05, 0.1) is 19.5 Å². The van der Waals surface area contributed by atoms with Crippen LogP contribution in [0.15, 0.2) is 102 Å². The maximum Gasteiger partial charge on any atom is 0.272 e. The zero-order valence-corrected chi connectivity index (χ0v) is 26.8. The van der Waals surface area contributed by atoms with Gasteiger partial charge in [-0.15, -0.1) is 11.8 Å². The van der Waals surface area contributed by atoms with Crippen LogP contribution in [0.3, 0.4) is 0 Å². The van der Waals surface area contributed by atoms with Gasteiger partial charge in [-0.3, -0.25) is 14.4 Å². The van der Waals surface area contributed by atoms with Gasteiger partial charge in [-0.25, -0.2) is 0 Å². The van der Waals surface area contributed by atoms with Gasteiger partial charge in [-0.05, 0) is 92.1 Å². The highest BCUT2D eigenvalue weighted by molar-refractivity contribution is 8.00. The van der Waals surface area contributed by atoms with Crippen LogP contribution in [0.2, 0.25) is 0 Å². The summed E-state index contributed by atoms with van der Waals surface area (Å²) in [5, 5.41) is 8.35. The number of thioether (sulfide) groups is 1. The summed E-state index contributed by atoms with van der Waals surface area (Å²) in [6, 6.07) is 26.9. The number of rotatable bonds is 12. The number of anilines is 2. The molecule has 8 nitrogen and oxygen atoms in total. The van der Waals surface area contributed by atoms with Crippen LogP contribution in [0.1, 0.15) is 40.4 Å². The first kappa shape index (κ1) is 32.9. The van der Waals surface area contributed by atoms with Crippen LogP contribution in [0.5, 0.6) is 11.5 Å². The maximum atomic E-state index is 13.7. The van der Waals surface area contributed by atoms with Gasteiger partial charge < -0.3 is 25.4 Å². The molecule has 0 heterocycles. The second-order valence-electron chi connectivity index (χ2n) is 10.2. The minimum absolute atomic E-state index is 0.00722. The van der Waals surface area contributed by atoms with E-state index in [0.717, 1.165) is 21.7 Å². The van der Waals surface area contributed by atoms with E-state index in [1.807, 2.05) is 57.2 Å². The van der Waals surface area contributed by atoms with Crippen molar-refractivity contribution in [2.75, 3.05) is 24.9 Å². The Morgan fingerprint density at radius 1 is 0.844 bits per heavy atom. The van der Waals surface area contributed by atoms with E-state index >= 15 is 0 Å². The number of hydrogen-bond donors (Lipinski definition) is 3. The Hall–Kier alpha value is -5.02. The van der Waals surface area contributed by atoms with Crippen LogP contribution in [0.25, 0.3) is 6.08 Å². The van der Waals surface area contributed by atoms with Crippen molar-refractivity contribution < 1.29 is 23.9 Å². The lowest BCUT2D eigenvalue weighted by Crippen LogP contribution is -2.30. The van der Waals surface area contributed by atoms with Crippen molar-refractivity contribution >= 4 is 46.9 Å². The summed E-state index contributed by atoms with van der Waals surface area (Å²) in [5.74, 6) is -0.00672. The number of methoxy groups -OCH3 is 2. The minimum atomic E-state index is -0.536. The molecule has 0 saturated carbocycles. The van der Waals surface area contributed by atoms with Gasteiger partial charge in [0.15, 0.2) is 0 Å². The van der Waals surface area contributed by atoms with Crippen molar-refractivity contribution in [3.05, 3.63) is 119 Å². The van der Waals surface area contributed by atoms with Gasteiger partial charge >= 0.3 is 0 Å². The van der Waals surface area contributed by atoms with Gasteiger partial charge in [-0.2, -0.15) is 0 Å². The lowest BCUT2D eigenvalue weighted by atomic mass is 10.1. The Bertz CT molecular complexity index is 1700. The van der Waals surface area contributed by atoms with Crippen molar-refractivity contribution in [1.82, 2.24) is 5.32 Å². The van der Waals surface area contributed by atoms with Crippen LogP contribution in [-0.4, -0.2) is 37.2 Å². The second kappa shape index (κ2) is 15.6. The average Bonchev–Trinajstić information content (AvgIpc) is 3.05. The van der Waals surface area contributed by atoms with E-state index in [1.165, 1.54) is 18.9 Å². The summed E-state index contributed by atoms with van der Waals surface area (Å²) < 4.78 is 10.8. The average molecular weight is 624 g/mol. The summed E-state index contributed by atoms with van der Waals surface area (Å²) in [6.45, 7) is 5.96. The highest BCUT2D eigenvalue weighted by Gasteiger charge is 2.20. The van der Waals surface area contributed by atoms with E-state index in [-0.39, 0.29) is 16.9 Å². The van der Waals surface area contributed by atoms with Crippen LogP contribution >= 0.6 is 11.8 Å². The lowest BCUT2D eigenvalue weighted by Gasteiger charge is -2.17. The van der Waals surface area contributed by atoms with Crippen LogP contribution in [0.4, 0.5) is 11.4 Å². The van der Waals surface area contributed by atoms with Crippen molar-refractivity contribution in [2.45, 2.75) is 37.3 Å². The molecule has 3 N–H and O–H groups in total. The predicted molar refractivity (Wildman–Crippen MR) is 181 cm³/mol. The molecule has 3 amide bonds. The lowest BCUT2D eigenvalue weighted by molar-refractivity contribution is -0.116. The molecule has 0 saturated heterocycles. The zero-order chi connectivity index (χ0) is 32.3. The molecule has 4 rings (SSSR count). The van der Waals surface area contributed by atoms with Crippen molar-refractivity contribution in [3.63, 3.8) is 0 Å². The SMILES string of the molecule is CCC(Sc1cccc(NC(=O)/C(=C\c2cc(OC)ccc2OC)NC(=O)c2ccccc2)c1)C(=O)Nc1cccc(C)c1C. The Morgan fingerprint density at radius 3 is 2.31 bits per heavy atom. The number of nitrogens with one attached hydrogen (secondary N) is 3. The summed E-state index contributed by atoms with van der Waals surface area (Å²) in [6.07, 6.45) is 2.15. The van der Waals surface area contributed by atoms with Crippen LogP contribution in [-0.2, 0) is 9.59 Å². The quantitative estimate of drug-likeness (QED) is 0.114. The second-order valence-corrected chi connectivity index (χ2v) is 11.5. The number of amides is 3. The zero-order valence-electron chi connectivity index (χ0n) is 26.0. The van der Waals surface area contributed by atoms with Gasteiger partial charge in [0.2, 0.25) is 5.91 Å². The molecule has 0 aromatic heterocycles. The molecule has 1 unspecified atom stereocenters. The van der Waals surface area contributed by atoms with Crippen molar-refractivity contribution in [2.24, 2.45) is 0 Å². The molecule has 1 atom stereocenters. The third kappa shape index (κ3) is 8.77. The maximum absolute atomic E-state index is 13.7. The van der Waals surface area contributed by atoms with Gasteiger partial charge in [-0.1, -0.05) is 43.3 Å².